The van der Waals surface area contributed by atoms with E-state index < -0.39 is 17.9 Å². The summed E-state index contributed by atoms with van der Waals surface area (Å²) in [4.78, 5) is 36.2. The molecule has 1 heterocycles. The number of carbonyl (C=O) groups excluding carboxylic acids is 2. The van der Waals surface area contributed by atoms with Crippen molar-refractivity contribution >= 4 is 29.1 Å². The van der Waals surface area contributed by atoms with Crippen molar-refractivity contribution in [1.82, 2.24) is 10.2 Å². The van der Waals surface area contributed by atoms with E-state index in [2.05, 4.69) is 11.2 Å². The van der Waals surface area contributed by atoms with Crippen molar-refractivity contribution < 1.29 is 19.5 Å². The van der Waals surface area contributed by atoms with Crippen LogP contribution in [0.5, 0.6) is 0 Å². The van der Waals surface area contributed by atoms with Gasteiger partial charge in [-0.05, 0) is 11.4 Å². The lowest BCUT2D eigenvalue weighted by atomic mass is 10.2. The van der Waals surface area contributed by atoms with E-state index in [4.69, 9.17) is 11.5 Å². The molecule has 1 aromatic heterocycles. The number of hydrogen-bond donors (Lipinski definition) is 2. The fourth-order valence-corrected chi connectivity index (χ4v) is 2.15. The van der Waals surface area contributed by atoms with Gasteiger partial charge in [-0.2, -0.15) is 0 Å². The molecule has 20 heavy (non-hydrogen) atoms. The van der Waals surface area contributed by atoms with Crippen molar-refractivity contribution in [3.63, 3.8) is 0 Å². The topological polar surface area (TPSA) is 86.7 Å². The Morgan fingerprint density at radius 1 is 1.55 bits per heavy atom. The van der Waals surface area contributed by atoms with Crippen molar-refractivity contribution in [2.75, 3.05) is 13.6 Å². The monoisotopic (exact) mass is 294 g/mol. The number of terminal acetylenes is 1. The van der Waals surface area contributed by atoms with Gasteiger partial charge in [0.1, 0.15) is 6.04 Å². The Kier molecular flexibility index (Phi) is 5.74. The minimum absolute atomic E-state index is 0.107. The Balaban J connectivity index is 2.55. The summed E-state index contributed by atoms with van der Waals surface area (Å²) in [5.74, 6) is 0.111. The maximum Gasteiger partial charge on any atom is 0.327 e. The van der Waals surface area contributed by atoms with Crippen LogP contribution in [0, 0.1) is 12.3 Å². The van der Waals surface area contributed by atoms with E-state index in [1.54, 1.807) is 17.5 Å². The molecule has 0 aliphatic rings. The van der Waals surface area contributed by atoms with Gasteiger partial charge in [0.05, 0.1) is 11.4 Å². The van der Waals surface area contributed by atoms with Crippen LogP contribution in [0.25, 0.3) is 0 Å². The number of carbonyl (C=O) groups is 3. The zero-order valence-electron chi connectivity index (χ0n) is 10.8. The molecule has 0 fully saturated rings. The van der Waals surface area contributed by atoms with Crippen molar-refractivity contribution in [3.05, 3.63) is 22.4 Å². The summed E-state index contributed by atoms with van der Waals surface area (Å²) in [6.07, 6.45) is 4.92. The molecule has 0 radical (unpaired) electrons. The third-order valence-corrected chi connectivity index (χ3v) is 3.27. The molecule has 106 valence electrons. The van der Waals surface area contributed by atoms with E-state index in [1.165, 1.54) is 23.3 Å². The highest BCUT2D eigenvalue weighted by molar-refractivity contribution is 7.12. The molecule has 0 saturated heterocycles. The van der Waals surface area contributed by atoms with E-state index in [0.717, 1.165) is 0 Å². The first-order valence-corrected chi connectivity index (χ1v) is 6.58. The molecule has 1 aromatic rings. The van der Waals surface area contributed by atoms with E-state index in [-0.39, 0.29) is 18.9 Å². The zero-order valence-corrected chi connectivity index (χ0v) is 11.6. The summed E-state index contributed by atoms with van der Waals surface area (Å²) in [5.41, 5.74) is 0. The second-order valence-electron chi connectivity index (χ2n) is 4.01. The highest BCUT2D eigenvalue weighted by Gasteiger charge is 2.21. The molecule has 1 unspecified atom stereocenters. The predicted molar refractivity (Wildman–Crippen MR) is 74.3 cm³/mol. The summed E-state index contributed by atoms with van der Waals surface area (Å²) in [5, 5.41) is 12.9. The van der Waals surface area contributed by atoms with E-state index in [0.29, 0.717) is 4.88 Å². The van der Waals surface area contributed by atoms with Gasteiger partial charge < -0.3 is 15.3 Å². The molecule has 1 atom stereocenters. The van der Waals surface area contributed by atoms with Crippen molar-refractivity contribution in [2.24, 2.45) is 0 Å². The van der Waals surface area contributed by atoms with Crippen LogP contribution in [-0.2, 0) is 9.59 Å². The van der Waals surface area contributed by atoms with Crippen LogP contribution in [0.15, 0.2) is 17.5 Å². The lowest BCUT2D eigenvalue weighted by Crippen LogP contribution is -2.45. The van der Waals surface area contributed by atoms with Gasteiger partial charge in [0, 0.05) is 13.5 Å². The average Bonchev–Trinajstić information content (AvgIpc) is 2.90. The highest BCUT2D eigenvalue weighted by atomic mass is 32.1. The summed E-state index contributed by atoms with van der Waals surface area (Å²) in [7, 11) is 1.47. The molecule has 0 aliphatic heterocycles. The fourth-order valence-electron chi connectivity index (χ4n) is 1.43. The Hall–Kier alpha value is -2.33. The molecule has 0 aromatic carbocycles. The molecule has 0 aliphatic carbocycles. The Labute approximate surface area is 120 Å². The van der Waals surface area contributed by atoms with E-state index >= 15 is 0 Å². The maximum absolute atomic E-state index is 11.9. The summed E-state index contributed by atoms with van der Waals surface area (Å²) in [6, 6.07) is 2.25. The predicted octanol–water partition coefficient (Wildman–Crippen LogP) is 0.413. The second-order valence-corrected chi connectivity index (χ2v) is 4.95. The Bertz CT molecular complexity index is 533. The quantitative estimate of drug-likeness (QED) is 0.744. The summed E-state index contributed by atoms with van der Waals surface area (Å²) >= 11 is 1.27. The van der Waals surface area contributed by atoms with Gasteiger partial charge in [0.25, 0.3) is 5.91 Å². The summed E-state index contributed by atoms with van der Waals surface area (Å²) < 4.78 is 0. The lowest BCUT2D eigenvalue weighted by molar-refractivity contribution is -0.141. The van der Waals surface area contributed by atoms with Gasteiger partial charge in [0.15, 0.2) is 0 Å². The van der Waals surface area contributed by atoms with Crippen LogP contribution < -0.4 is 5.32 Å². The number of nitrogens with one attached hydrogen (secondary N) is 1. The molecular formula is C13H14N2O4S. The van der Waals surface area contributed by atoms with Gasteiger partial charge in [-0.1, -0.05) is 6.07 Å². The minimum Gasteiger partial charge on any atom is -0.480 e. The third kappa shape index (κ3) is 4.40. The normalized spacial score (nSPS) is 11.2. The fraction of sp³-hybridized carbons (Fsp3) is 0.308. The van der Waals surface area contributed by atoms with E-state index in [1.807, 2.05) is 0 Å². The molecule has 2 N–H and O–H groups in total. The molecule has 0 saturated carbocycles. The van der Waals surface area contributed by atoms with Gasteiger partial charge in [-0.25, -0.2) is 4.79 Å². The first kappa shape index (κ1) is 15.7. The summed E-state index contributed by atoms with van der Waals surface area (Å²) in [6.45, 7) is -0.231. The molecular weight excluding hydrogens is 280 g/mol. The van der Waals surface area contributed by atoms with Crippen LogP contribution in [0.3, 0.4) is 0 Å². The number of aliphatic carboxylic acids is 1. The van der Waals surface area contributed by atoms with Crippen LogP contribution in [0.1, 0.15) is 16.1 Å². The number of amides is 2. The van der Waals surface area contributed by atoms with Crippen LogP contribution >= 0.6 is 11.3 Å². The molecule has 7 heteroatoms. The third-order valence-electron chi connectivity index (χ3n) is 2.41. The first-order valence-electron chi connectivity index (χ1n) is 5.70. The van der Waals surface area contributed by atoms with E-state index in [9.17, 15) is 14.4 Å². The van der Waals surface area contributed by atoms with Crippen molar-refractivity contribution in [2.45, 2.75) is 12.5 Å². The molecule has 1 rings (SSSR count). The smallest absolute Gasteiger partial charge is 0.327 e. The molecule has 0 bridgehead atoms. The maximum atomic E-state index is 11.9. The second kappa shape index (κ2) is 7.31. The van der Waals surface area contributed by atoms with Crippen LogP contribution in [-0.4, -0.2) is 47.4 Å². The van der Waals surface area contributed by atoms with Gasteiger partial charge in [0.2, 0.25) is 5.91 Å². The zero-order chi connectivity index (χ0) is 15.1. The van der Waals surface area contributed by atoms with Gasteiger partial charge in [-0.15, -0.1) is 23.7 Å². The molecule has 6 nitrogen and oxygen atoms in total. The van der Waals surface area contributed by atoms with Crippen molar-refractivity contribution in [1.29, 1.82) is 0 Å². The van der Waals surface area contributed by atoms with Crippen LogP contribution in [0.4, 0.5) is 0 Å². The largest absolute Gasteiger partial charge is 0.480 e. The number of nitrogens with zero attached hydrogens (tertiary/aromatic N) is 1. The number of carboxylic acids is 1. The first-order chi connectivity index (χ1) is 9.45. The van der Waals surface area contributed by atoms with Gasteiger partial charge in [-0.3, -0.25) is 9.59 Å². The highest BCUT2D eigenvalue weighted by Crippen LogP contribution is 2.10. The molecule has 0 spiro atoms. The Morgan fingerprint density at radius 3 is 2.75 bits per heavy atom. The number of hydrogen-bond acceptors (Lipinski definition) is 4. The average molecular weight is 294 g/mol. The van der Waals surface area contributed by atoms with Gasteiger partial charge >= 0.3 is 5.97 Å². The van der Waals surface area contributed by atoms with Crippen molar-refractivity contribution in [3.8, 4) is 12.3 Å². The number of rotatable bonds is 6. The van der Waals surface area contributed by atoms with Crippen LogP contribution in [0.2, 0.25) is 0 Å². The number of carboxylic acid groups (broad SMARTS) is 1. The number of likely N-dealkylation sites (N-methyl/N-ethyl adjacent to an activating group) is 1. The molecule has 2 amide bonds. The SMILES string of the molecule is C#CCC(NC(=O)CN(C)C(=O)c1cccs1)C(=O)O. The lowest BCUT2D eigenvalue weighted by Gasteiger charge is -2.18. The Morgan fingerprint density at radius 2 is 2.25 bits per heavy atom. The standard InChI is InChI=1S/C13H14N2O4S/c1-3-5-9(13(18)19)14-11(16)8-15(2)12(17)10-6-4-7-20-10/h1,4,6-7,9H,5,8H2,2H3,(H,14,16)(H,18,19). The number of thiophene rings is 1. The minimum atomic E-state index is -1.21.